The summed E-state index contributed by atoms with van der Waals surface area (Å²) in [4.78, 5) is 12.3. The quantitative estimate of drug-likeness (QED) is 0.851. The maximum atomic E-state index is 12.3. The number of hydrogen-bond acceptors (Lipinski definition) is 3. The van der Waals surface area contributed by atoms with E-state index < -0.39 is 6.04 Å². The number of carbonyl (C=O) groups excluding carboxylic acids is 1. The molecule has 0 radical (unpaired) electrons. The van der Waals surface area contributed by atoms with E-state index in [2.05, 4.69) is 5.32 Å². The van der Waals surface area contributed by atoms with Gasteiger partial charge in [-0.05, 0) is 37.1 Å². The predicted octanol–water partition coefficient (Wildman–Crippen LogP) is 3.38. The van der Waals surface area contributed by atoms with E-state index in [4.69, 9.17) is 10.5 Å². The molecule has 0 bridgehead atoms. The lowest BCUT2D eigenvalue weighted by atomic mass is 10.0. The molecule has 0 aliphatic carbocycles. The van der Waals surface area contributed by atoms with Crippen LogP contribution >= 0.6 is 12.4 Å². The zero-order valence-corrected chi connectivity index (χ0v) is 14.2. The number of halogens is 1. The minimum Gasteiger partial charge on any atom is -0.494 e. The molecule has 0 fully saturated rings. The third-order valence-corrected chi connectivity index (χ3v) is 3.47. The Hall–Kier alpha value is -2.04. The lowest BCUT2D eigenvalue weighted by Crippen LogP contribution is -2.35. The lowest BCUT2D eigenvalue weighted by Gasteiger charge is -2.18. The highest BCUT2D eigenvalue weighted by Crippen LogP contribution is 2.20. The van der Waals surface area contributed by atoms with Crippen molar-refractivity contribution in [3.8, 4) is 5.75 Å². The molecule has 2 rings (SSSR count). The van der Waals surface area contributed by atoms with Crippen LogP contribution in [0.15, 0.2) is 54.6 Å². The van der Waals surface area contributed by atoms with Gasteiger partial charge in [0.2, 0.25) is 5.91 Å². The fraction of sp³-hybridized carbons (Fsp3) is 0.278. The summed E-state index contributed by atoms with van der Waals surface area (Å²) < 4.78 is 5.48. The molecular formula is C18H23ClN2O2. The number of carbonyl (C=O) groups is 1. The summed E-state index contributed by atoms with van der Waals surface area (Å²) in [5.74, 6) is 0.606. The normalized spacial score (nSPS) is 12.7. The van der Waals surface area contributed by atoms with Gasteiger partial charge in [-0.1, -0.05) is 42.5 Å². The molecule has 2 unspecified atom stereocenters. The molecule has 5 heteroatoms. The SMILES string of the molecule is CCOc1cccc(C(C)NC(=O)C(N)c2ccccc2)c1.Cl. The molecule has 124 valence electrons. The monoisotopic (exact) mass is 334 g/mol. The third kappa shape index (κ3) is 5.27. The van der Waals surface area contributed by atoms with Gasteiger partial charge in [0.05, 0.1) is 12.6 Å². The van der Waals surface area contributed by atoms with Gasteiger partial charge in [0.25, 0.3) is 0 Å². The maximum absolute atomic E-state index is 12.3. The molecule has 0 aliphatic heterocycles. The van der Waals surface area contributed by atoms with Gasteiger partial charge in [-0.15, -0.1) is 12.4 Å². The number of nitrogens with one attached hydrogen (secondary N) is 1. The number of hydrogen-bond donors (Lipinski definition) is 2. The first-order valence-corrected chi connectivity index (χ1v) is 7.45. The van der Waals surface area contributed by atoms with Crippen LogP contribution in [0.3, 0.4) is 0 Å². The van der Waals surface area contributed by atoms with E-state index in [0.29, 0.717) is 6.61 Å². The van der Waals surface area contributed by atoms with Gasteiger partial charge < -0.3 is 15.8 Å². The minimum atomic E-state index is -0.668. The van der Waals surface area contributed by atoms with Crippen molar-refractivity contribution >= 4 is 18.3 Å². The maximum Gasteiger partial charge on any atom is 0.241 e. The van der Waals surface area contributed by atoms with Crippen LogP contribution in [0.2, 0.25) is 0 Å². The summed E-state index contributed by atoms with van der Waals surface area (Å²) in [6.45, 7) is 4.49. The first-order valence-electron chi connectivity index (χ1n) is 7.45. The van der Waals surface area contributed by atoms with E-state index in [1.807, 2.05) is 68.4 Å². The van der Waals surface area contributed by atoms with Crippen LogP contribution in [-0.4, -0.2) is 12.5 Å². The zero-order valence-electron chi connectivity index (χ0n) is 13.4. The summed E-state index contributed by atoms with van der Waals surface area (Å²) >= 11 is 0. The minimum absolute atomic E-state index is 0. The number of ether oxygens (including phenoxy) is 1. The molecule has 0 aliphatic rings. The van der Waals surface area contributed by atoms with Crippen LogP contribution in [0.4, 0.5) is 0 Å². The van der Waals surface area contributed by atoms with Gasteiger partial charge in [-0.2, -0.15) is 0 Å². The van der Waals surface area contributed by atoms with Crippen LogP contribution in [0, 0.1) is 0 Å². The highest BCUT2D eigenvalue weighted by Gasteiger charge is 2.18. The fourth-order valence-electron chi connectivity index (χ4n) is 2.24. The zero-order chi connectivity index (χ0) is 15.9. The third-order valence-electron chi connectivity index (χ3n) is 3.47. The average Bonchev–Trinajstić information content (AvgIpc) is 2.55. The summed E-state index contributed by atoms with van der Waals surface area (Å²) in [5.41, 5.74) is 7.79. The smallest absolute Gasteiger partial charge is 0.241 e. The molecular weight excluding hydrogens is 312 g/mol. The van der Waals surface area contributed by atoms with E-state index in [-0.39, 0.29) is 24.4 Å². The first kappa shape index (κ1) is 19.0. The number of rotatable bonds is 6. The Morgan fingerprint density at radius 2 is 1.78 bits per heavy atom. The Balaban J connectivity index is 0.00000264. The molecule has 0 heterocycles. The Kier molecular flexibility index (Phi) is 7.59. The summed E-state index contributed by atoms with van der Waals surface area (Å²) in [6, 6.07) is 16.3. The van der Waals surface area contributed by atoms with Gasteiger partial charge in [0.15, 0.2) is 0 Å². The summed E-state index contributed by atoms with van der Waals surface area (Å²) in [5, 5.41) is 2.94. The standard InChI is InChI=1S/C18H22N2O2.ClH/c1-3-22-16-11-7-10-15(12-16)13(2)20-18(21)17(19)14-8-5-4-6-9-14;/h4-13,17H,3,19H2,1-2H3,(H,20,21);1H. The molecule has 4 nitrogen and oxygen atoms in total. The van der Waals surface area contributed by atoms with Crippen molar-refractivity contribution in [1.29, 1.82) is 0 Å². The molecule has 0 spiro atoms. The predicted molar refractivity (Wildman–Crippen MR) is 94.8 cm³/mol. The largest absolute Gasteiger partial charge is 0.494 e. The number of amides is 1. The Morgan fingerprint density at radius 3 is 2.43 bits per heavy atom. The van der Waals surface area contributed by atoms with E-state index in [0.717, 1.165) is 16.9 Å². The van der Waals surface area contributed by atoms with Crippen LogP contribution < -0.4 is 15.8 Å². The van der Waals surface area contributed by atoms with Crippen molar-refractivity contribution in [2.24, 2.45) is 5.73 Å². The molecule has 0 saturated heterocycles. The van der Waals surface area contributed by atoms with Gasteiger partial charge in [-0.25, -0.2) is 0 Å². The molecule has 1 amide bonds. The first-order chi connectivity index (χ1) is 10.6. The average molecular weight is 335 g/mol. The van der Waals surface area contributed by atoms with Crippen molar-refractivity contribution in [3.05, 3.63) is 65.7 Å². The Bertz CT molecular complexity index is 619. The highest BCUT2D eigenvalue weighted by atomic mass is 35.5. The molecule has 23 heavy (non-hydrogen) atoms. The van der Waals surface area contributed by atoms with Crippen LogP contribution in [0.25, 0.3) is 0 Å². The molecule has 3 N–H and O–H groups in total. The van der Waals surface area contributed by atoms with E-state index in [9.17, 15) is 4.79 Å². The van der Waals surface area contributed by atoms with Crippen LogP contribution in [-0.2, 0) is 4.79 Å². The van der Waals surface area contributed by atoms with Gasteiger partial charge in [-0.3, -0.25) is 4.79 Å². The molecule has 2 aromatic carbocycles. The summed E-state index contributed by atoms with van der Waals surface area (Å²) in [7, 11) is 0. The Labute approximate surface area is 143 Å². The van der Waals surface area contributed by atoms with Gasteiger partial charge >= 0.3 is 0 Å². The lowest BCUT2D eigenvalue weighted by molar-refractivity contribution is -0.123. The Morgan fingerprint density at radius 1 is 1.13 bits per heavy atom. The number of nitrogens with two attached hydrogens (primary N) is 1. The molecule has 0 aromatic heterocycles. The summed E-state index contributed by atoms with van der Waals surface area (Å²) in [6.07, 6.45) is 0. The van der Waals surface area contributed by atoms with Crippen LogP contribution in [0.1, 0.15) is 37.1 Å². The fourth-order valence-corrected chi connectivity index (χ4v) is 2.24. The van der Waals surface area contributed by atoms with E-state index in [1.165, 1.54) is 0 Å². The second kappa shape index (κ2) is 9.18. The van der Waals surface area contributed by atoms with Gasteiger partial charge in [0.1, 0.15) is 11.8 Å². The second-order valence-corrected chi connectivity index (χ2v) is 5.12. The number of benzene rings is 2. The van der Waals surface area contributed by atoms with Crippen molar-refractivity contribution in [2.45, 2.75) is 25.9 Å². The van der Waals surface area contributed by atoms with Gasteiger partial charge in [0, 0.05) is 0 Å². The molecule has 0 saturated carbocycles. The highest BCUT2D eigenvalue weighted by molar-refractivity contribution is 5.85. The van der Waals surface area contributed by atoms with Crippen LogP contribution in [0.5, 0.6) is 5.75 Å². The van der Waals surface area contributed by atoms with E-state index in [1.54, 1.807) is 0 Å². The second-order valence-electron chi connectivity index (χ2n) is 5.12. The molecule has 2 atom stereocenters. The van der Waals surface area contributed by atoms with Crippen molar-refractivity contribution in [1.82, 2.24) is 5.32 Å². The van der Waals surface area contributed by atoms with Crippen molar-refractivity contribution in [2.75, 3.05) is 6.61 Å². The topological polar surface area (TPSA) is 64.3 Å². The molecule has 2 aromatic rings. The van der Waals surface area contributed by atoms with Crippen molar-refractivity contribution in [3.63, 3.8) is 0 Å². The van der Waals surface area contributed by atoms with E-state index >= 15 is 0 Å². The van der Waals surface area contributed by atoms with Crippen molar-refractivity contribution < 1.29 is 9.53 Å².